The summed E-state index contributed by atoms with van der Waals surface area (Å²) in [4.78, 5) is 35.6. The lowest BCUT2D eigenvalue weighted by molar-refractivity contribution is 0.0439. The molecule has 3 aromatic rings. The molecule has 0 saturated heterocycles. The lowest BCUT2D eigenvalue weighted by atomic mass is 10.2. The predicted molar refractivity (Wildman–Crippen MR) is 86.4 cm³/mol. The number of esters is 2. The highest BCUT2D eigenvalue weighted by molar-refractivity contribution is 5.93. The van der Waals surface area contributed by atoms with Crippen molar-refractivity contribution in [3.8, 4) is 0 Å². The first-order valence-electron chi connectivity index (χ1n) is 7.37. The summed E-state index contributed by atoms with van der Waals surface area (Å²) in [6.07, 6.45) is 0. The molecule has 0 atom stereocenters. The minimum Gasteiger partial charge on any atom is -0.465 e. The molecule has 2 heterocycles. The number of hydrogen-bond acceptors (Lipinski definition) is 7. The average Bonchev–Trinajstić information content (AvgIpc) is 2.99. The number of methoxy groups -OCH3 is 1. The molecule has 128 valence electrons. The van der Waals surface area contributed by atoms with Crippen LogP contribution in [0.5, 0.6) is 0 Å². The highest BCUT2D eigenvalue weighted by Crippen LogP contribution is 2.17. The van der Waals surface area contributed by atoms with Crippen LogP contribution in [-0.2, 0) is 16.1 Å². The summed E-state index contributed by atoms with van der Waals surface area (Å²) < 4.78 is 20.1. The lowest BCUT2D eigenvalue weighted by Crippen LogP contribution is -2.16. The number of fused-ring (bicyclic) bond motifs is 1. The van der Waals surface area contributed by atoms with Crippen molar-refractivity contribution in [1.82, 2.24) is 0 Å². The van der Waals surface area contributed by atoms with Gasteiger partial charge in [0.05, 0.1) is 7.11 Å². The Morgan fingerprint density at radius 3 is 2.56 bits per heavy atom. The number of para-hydroxylation sites is 1. The largest absolute Gasteiger partial charge is 0.465 e. The van der Waals surface area contributed by atoms with Gasteiger partial charge in [0.25, 0.3) is 0 Å². The van der Waals surface area contributed by atoms with Gasteiger partial charge in [-0.3, -0.25) is 0 Å². The number of carbonyl (C=O) groups is 2. The molecule has 2 aromatic heterocycles. The molecular weight excluding hydrogens is 328 g/mol. The first kappa shape index (κ1) is 16.5. The molecule has 0 aliphatic heterocycles. The van der Waals surface area contributed by atoms with Gasteiger partial charge in [0, 0.05) is 5.39 Å². The summed E-state index contributed by atoms with van der Waals surface area (Å²) in [7, 11) is 1.26. The Labute approximate surface area is 141 Å². The van der Waals surface area contributed by atoms with Gasteiger partial charge in [0.15, 0.2) is 0 Å². The van der Waals surface area contributed by atoms with E-state index in [-0.39, 0.29) is 23.5 Å². The molecule has 7 nitrogen and oxygen atoms in total. The molecule has 0 bridgehead atoms. The van der Waals surface area contributed by atoms with E-state index in [2.05, 4.69) is 4.74 Å². The first-order chi connectivity index (χ1) is 12.0. The second-order valence-electron chi connectivity index (χ2n) is 5.24. The van der Waals surface area contributed by atoms with Gasteiger partial charge in [-0.25, -0.2) is 14.4 Å². The Kier molecular flexibility index (Phi) is 4.38. The van der Waals surface area contributed by atoms with Gasteiger partial charge in [-0.15, -0.1) is 0 Å². The van der Waals surface area contributed by atoms with E-state index in [1.54, 1.807) is 31.2 Å². The lowest BCUT2D eigenvalue weighted by Gasteiger charge is -2.03. The summed E-state index contributed by atoms with van der Waals surface area (Å²) in [5.41, 5.74) is -0.364. The van der Waals surface area contributed by atoms with Crippen molar-refractivity contribution in [2.75, 3.05) is 7.11 Å². The van der Waals surface area contributed by atoms with E-state index >= 15 is 0 Å². The van der Waals surface area contributed by atoms with Gasteiger partial charge in [0.1, 0.15) is 34.8 Å². The zero-order valence-corrected chi connectivity index (χ0v) is 13.5. The van der Waals surface area contributed by atoms with Crippen LogP contribution >= 0.6 is 0 Å². The Hall–Kier alpha value is -3.35. The van der Waals surface area contributed by atoms with Crippen molar-refractivity contribution in [2.24, 2.45) is 0 Å². The van der Waals surface area contributed by atoms with Crippen LogP contribution in [0.1, 0.15) is 32.2 Å². The minimum atomic E-state index is -0.840. The Bertz CT molecular complexity index is 1010. The van der Waals surface area contributed by atoms with Crippen molar-refractivity contribution in [3.63, 3.8) is 0 Å². The number of hydrogen-bond donors (Lipinski definition) is 0. The molecule has 0 spiro atoms. The van der Waals surface area contributed by atoms with E-state index < -0.39 is 17.6 Å². The second kappa shape index (κ2) is 6.64. The molecule has 0 fully saturated rings. The summed E-state index contributed by atoms with van der Waals surface area (Å²) in [5, 5.41) is 0.607. The van der Waals surface area contributed by atoms with Crippen LogP contribution < -0.4 is 5.63 Å². The van der Waals surface area contributed by atoms with Crippen molar-refractivity contribution in [2.45, 2.75) is 13.5 Å². The normalized spacial score (nSPS) is 10.6. The molecule has 7 heteroatoms. The maximum absolute atomic E-state index is 12.1. The van der Waals surface area contributed by atoms with Crippen LogP contribution in [0.15, 0.2) is 50.0 Å². The van der Waals surface area contributed by atoms with Gasteiger partial charge in [-0.05, 0) is 25.1 Å². The first-order valence-corrected chi connectivity index (χ1v) is 7.37. The van der Waals surface area contributed by atoms with Gasteiger partial charge >= 0.3 is 17.6 Å². The highest BCUT2D eigenvalue weighted by Gasteiger charge is 2.19. The monoisotopic (exact) mass is 342 g/mol. The summed E-state index contributed by atoms with van der Waals surface area (Å²) >= 11 is 0. The van der Waals surface area contributed by atoms with Crippen LogP contribution in [0.25, 0.3) is 11.0 Å². The zero-order chi connectivity index (χ0) is 18.0. The van der Waals surface area contributed by atoms with E-state index in [1.165, 1.54) is 19.2 Å². The van der Waals surface area contributed by atoms with Crippen LogP contribution in [0, 0.1) is 6.92 Å². The number of benzene rings is 1. The average molecular weight is 342 g/mol. The van der Waals surface area contributed by atoms with Crippen LogP contribution in [0.3, 0.4) is 0 Å². The molecule has 0 aliphatic rings. The third-order valence-electron chi connectivity index (χ3n) is 3.58. The zero-order valence-electron chi connectivity index (χ0n) is 13.5. The maximum Gasteiger partial charge on any atom is 0.351 e. The smallest absolute Gasteiger partial charge is 0.351 e. The maximum atomic E-state index is 12.1. The molecule has 3 rings (SSSR count). The Balaban J connectivity index is 1.78. The standard InChI is InChI=1S/C18H14O7/c1-10-13(16(19)22-2)8-12(24-10)9-23-17(20)14-7-11-5-3-4-6-15(11)25-18(14)21/h3-8H,9H2,1-2H3. The number of furan rings is 1. The van der Waals surface area contributed by atoms with Crippen molar-refractivity contribution in [3.05, 3.63) is 69.5 Å². The molecule has 0 saturated carbocycles. The van der Waals surface area contributed by atoms with Gasteiger partial charge in [0.2, 0.25) is 0 Å². The SMILES string of the molecule is COC(=O)c1cc(COC(=O)c2cc3ccccc3oc2=O)oc1C. The molecule has 0 amide bonds. The van der Waals surface area contributed by atoms with Gasteiger partial charge < -0.3 is 18.3 Å². The number of aryl methyl sites for hydroxylation is 1. The third kappa shape index (κ3) is 3.30. The fourth-order valence-electron chi connectivity index (χ4n) is 2.35. The Morgan fingerprint density at radius 1 is 1.04 bits per heavy atom. The molecule has 0 radical (unpaired) electrons. The van der Waals surface area contributed by atoms with Gasteiger partial charge in [-0.1, -0.05) is 18.2 Å². The molecule has 1 aromatic carbocycles. The third-order valence-corrected chi connectivity index (χ3v) is 3.58. The van der Waals surface area contributed by atoms with Crippen LogP contribution in [-0.4, -0.2) is 19.0 Å². The quantitative estimate of drug-likeness (QED) is 0.531. The Morgan fingerprint density at radius 2 is 1.80 bits per heavy atom. The van der Waals surface area contributed by atoms with E-state index in [1.807, 2.05) is 0 Å². The second-order valence-corrected chi connectivity index (χ2v) is 5.24. The topological polar surface area (TPSA) is 96.0 Å². The van der Waals surface area contributed by atoms with Crippen LogP contribution in [0.2, 0.25) is 0 Å². The predicted octanol–water partition coefficient (Wildman–Crippen LogP) is 2.84. The van der Waals surface area contributed by atoms with E-state index in [4.69, 9.17) is 13.6 Å². The van der Waals surface area contributed by atoms with Crippen molar-refractivity contribution in [1.29, 1.82) is 0 Å². The molecule has 25 heavy (non-hydrogen) atoms. The molecule has 0 aliphatic carbocycles. The highest BCUT2D eigenvalue weighted by atomic mass is 16.5. The van der Waals surface area contributed by atoms with Crippen molar-refractivity contribution < 1.29 is 27.9 Å². The molecule has 0 N–H and O–H groups in total. The fourth-order valence-corrected chi connectivity index (χ4v) is 2.35. The van der Waals surface area contributed by atoms with E-state index in [0.29, 0.717) is 16.7 Å². The summed E-state index contributed by atoms with van der Waals surface area (Å²) in [5.74, 6) is -0.776. The molecular formula is C18H14O7. The van der Waals surface area contributed by atoms with Crippen LogP contribution in [0.4, 0.5) is 0 Å². The molecule has 0 unspecified atom stereocenters. The number of ether oxygens (including phenoxy) is 2. The van der Waals surface area contributed by atoms with Gasteiger partial charge in [-0.2, -0.15) is 0 Å². The van der Waals surface area contributed by atoms with Crippen molar-refractivity contribution >= 4 is 22.9 Å². The minimum absolute atomic E-state index is 0.213. The number of rotatable bonds is 4. The van der Waals surface area contributed by atoms with E-state index in [9.17, 15) is 14.4 Å². The fraction of sp³-hybridized carbons (Fsp3) is 0.167. The number of carbonyl (C=O) groups excluding carboxylic acids is 2. The summed E-state index contributed by atoms with van der Waals surface area (Å²) in [6.45, 7) is 1.36. The summed E-state index contributed by atoms with van der Waals surface area (Å²) in [6, 6.07) is 9.67. The van der Waals surface area contributed by atoms with E-state index in [0.717, 1.165) is 0 Å².